The molecule has 1 aromatic rings. The van der Waals surface area contributed by atoms with Gasteiger partial charge in [0.15, 0.2) is 5.78 Å². The lowest BCUT2D eigenvalue weighted by molar-refractivity contribution is 0.0939. The van der Waals surface area contributed by atoms with Gasteiger partial charge in [0, 0.05) is 16.0 Å². The first-order valence-electron chi connectivity index (χ1n) is 4.32. The molecule has 70 valence electrons. The second kappa shape index (κ2) is 4.05. The Hall–Kier alpha value is -0.630. The Morgan fingerprint density at radius 2 is 2.00 bits per heavy atom. The quantitative estimate of drug-likeness (QED) is 0.723. The molecule has 0 saturated heterocycles. The van der Waals surface area contributed by atoms with Gasteiger partial charge in [0.25, 0.3) is 0 Å². The van der Waals surface area contributed by atoms with Gasteiger partial charge < -0.3 is 0 Å². The van der Waals surface area contributed by atoms with Gasteiger partial charge in [0.05, 0.1) is 0 Å². The third-order valence-corrected chi connectivity index (χ3v) is 2.86. The summed E-state index contributed by atoms with van der Waals surface area (Å²) in [5.41, 5.74) is 1.90. The van der Waals surface area contributed by atoms with Crippen molar-refractivity contribution in [2.24, 2.45) is 5.92 Å². The van der Waals surface area contributed by atoms with Gasteiger partial charge in [0.1, 0.15) is 0 Å². The van der Waals surface area contributed by atoms with E-state index in [1.807, 2.05) is 39.0 Å². The fourth-order valence-electron chi connectivity index (χ4n) is 1.13. The summed E-state index contributed by atoms with van der Waals surface area (Å²) in [4.78, 5) is 11.6. The average molecular weight is 241 g/mol. The first-order chi connectivity index (χ1) is 6.02. The highest BCUT2D eigenvalue weighted by atomic mass is 79.9. The minimum absolute atomic E-state index is 0.0700. The molecule has 0 N–H and O–H groups in total. The smallest absolute Gasteiger partial charge is 0.165 e. The Bertz CT molecular complexity index is 329. The van der Waals surface area contributed by atoms with Gasteiger partial charge in [-0.25, -0.2) is 0 Å². The molecule has 1 aromatic carbocycles. The van der Waals surface area contributed by atoms with E-state index in [0.29, 0.717) is 0 Å². The Morgan fingerprint density at radius 3 is 2.46 bits per heavy atom. The van der Waals surface area contributed by atoms with E-state index in [1.165, 1.54) is 0 Å². The molecule has 0 atom stereocenters. The number of carbonyl (C=O) groups excluding carboxylic acids is 1. The number of Topliss-reactive ketones (excluding diaryl/α,β-unsaturated/α-hetero) is 1. The summed E-state index contributed by atoms with van der Waals surface area (Å²) in [6, 6.07) is 5.71. The molecule has 0 radical (unpaired) electrons. The Morgan fingerprint density at radius 1 is 1.38 bits per heavy atom. The lowest BCUT2D eigenvalue weighted by atomic mass is 10.00. The van der Waals surface area contributed by atoms with Crippen LogP contribution in [0.1, 0.15) is 29.8 Å². The highest BCUT2D eigenvalue weighted by molar-refractivity contribution is 9.10. The summed E-state index contributed by atoms with van der Waals surface area (Å²) >= 11 is 3.40. The molecule has 13 heavy (non-hydrogen) atoms. The molecule has 0 aliphatic heterocycles. The molecular weight excluding hydrogens is 228 g/mol. The van der Waals surface area contributed by atoms with Crippen molar-refractivity contribution in [3.05, 3.63) is 33.8 Å². The number of ketones is 1. The van der Waals surface area contributed by atoms with Crippen LogP contribution in [0.3, 0.4) is 0 Å². The maximum Gasteiger partial charge on any atom is 0.165 e. The van der Waals surface area contributed by atoms with E-state index in [-0.39, 0.29) is 11.7 Å². The van der Waals surface area contributed by atoms with Gasteiger partial charge in [0.2, 0.25) is 0 Å². The van der Waals surface area contributed by atoms with Gasteiger partial charge >= 0.3 is 0 Å². The molecule has 0 aromatic heterocycles. The first-order valence-corrected chi connectivity index (χ1v) is 5.12. The third kappa shape index (κ3) is 2.41. The maximum absolute atomic E-state index is 11.6. The van der Waals surface area contributed by atoms with Crippen LogP contribution in [-0.4, -0.2) is 5.78 Å². The minimum Gasteiger partial charge on any atom is -0.294 e. The fraction of sp³-hybridized carbons (Fsp3) is 0.364. The van der Waals surface area contributed by atoms with Crippen LogP contribution in [0.15, 0.2) is 22.7 Å². The zero-order valence-electron chi connectivity index (χ0n) is 8.10. The lowest BCUT2D eigenvalue weighted by Crippen LogP contribution is -2.07. The Kier molecular flexibility index (Phi) is 3.26. The topological polar surface area (TPSA) is 17.1 Å². The van der Waals surface area contributed by atoms with Crippen LogP contribution < -0.4 is 0 Å². The van der Waals surface area contributed by atoms with Crippen molar-refractivity contribution in [1.29, 1.82) is 0 Å². The average Bonchev–Trinajstić information content (AvgIpc) is 2.08. The summed E-state index contributed by atoms with van der Waals surface area (Å²) < 4.78 is 1.05. The second-order valence-electron chi connectivity index (χ2n) is 3.48. The lowest BCUT2D eigenvalue weighted by Gasteiger charge is -2.05. The van der Waals surface area contributed by atoms with Crippen molar-refractivity contribution in [3.63, 3.8) is 0 Å². The van der Waals surface area contributed by atoms with Gasteiger partial charge in [-0.15, -0.1) is 0 Å². The zero-order chi connectivity index (χ0) is 10.0. The number of rotatable bonds is 2. The van der Waals surface area contributed by atoms with Gasteiger partial charge in [-0.05, 0) is 24.6 Å². The largest absolute Gasteiger partial charge is 0.294 e. The number of aryl methyl sites for hydroxylation is 1. The fourth-order valence-corrected chi connectivity index (χ4v) is 1.38. The molecule has 0 bridgehead atoms. The van der Waals surface area contributed by atoms with E-state index >= 15 is 0 Å². The molecule has 1 nitrogen and oxygen atoms in total. The van der Waals surface area contributed by atoms with Crippen LogP contribution in [0.2, 0.25) is 0 Å². The molecule has 0 saturated carbocycles. The predicted molar refractivity (Wildman–Crippen MR) is 58.0 cm³/mol. The maximum atomic E-state index is 11.6. The molecule has 0 amide bonds. The van der Waals surface area contributed by atoms with E-state index in [2.05, 4.69) is 15.9 Å². The van der Waals surface area contributed by atoms with Crippen molar-refractivity contribution >= 4 is 21.7 Å². The van der Waals surface area contributed by atoms with E-state index in [1.54, 1.807) is 0 Å². The highest BCUT2D eigenvalue weighted by Crippen LogP contribution is 2.18. The summed E-state index contributed by atoms with van der Waals surface area (Å²) in [5, 5.41) is 0. The highest BCUT2D eigenvalue weighted by Gasteiger charge is 2.10. The molecule has 0 spiro atoms. The van der Waals surface area contributed by atoms with E-state index in [0.717, 1.165) is 15.6 Å². The standard InChI is InChI=1S/C11H13BrO/c1-7(2)11(13)9-4-5-10(12)8(3)6-9/h4-7H,1-3H3. The third-order valence-electron chi connectivity index (χ3n) is 1.97. The molecule has 0 unspecified atom stereocenters. The summed E-state index contributed by atoms with van der Waals surface area (Å²) in [7, 11) is 0. The number of carbonyl (C=O) groups is 1. The monoisotopic (exact) mass is 240 g/mol. The minimum atomic E-state index is 0.0700. The first kappa shape index (κ1) is 10.5. The van der Waals surface area contributed by atoms with Crippen LogP contribution in [0.5, 0.6) is 0 Å². The van der Waals surface area contributed by atoms with E-state index in [4.69, 9.17) is 0 Å². The SMILES string of the molecule is Cc1cc(C(=O)C(C)C)ccc1Br. The zero-order valence-corrected chi connectivity index (χ0v) is 9.68. The van der Waals surface area contributed by atoms with Crippen LogP contribution >= 0.6 is 15.9 Å². The number of benzene rings is 1. The van der Waals surface area contributed by atoms with E-state index < -0.39 is 0 Å². The summed E-state index contributed by atoms with van der Waals surface area (Å²) in [6.45, 7) is 5.82. The Balaban J connectivity index is 3.04. The predicted octanol–water partition coefficient (Wildman–Crippen LogP) is 3.60. The summed E-state index contributed by atoms with van der Waals surface area (Å²) in [6.07, 6.45) is 0. The molecular formula is C11H13BrO. The van der Waals surface area contributed by atoms with Crippen LogP contribution in [0.4, 0.5) is 0 Å². The van der Waals surface area contributed by atoms with Crippen LogP contribution in [0.25, 0.3) is 0 Å². The van der Waals surface area contributed by atoms with Crippen molar-refractivity contribution in [2.45, 2.75) is 20.8 Å². The number of hydrogen-bond donors (Lipinski definition) is 0. The molecule has 1 rings (SSSR count). The van der Waals surface area contributed by atoms with Crippen molar-refractivity contribution in [3.8, 4) is 0 Å². The molecule has 2 heteroatoms. The van der Waals surface area contributed by atoms with Gasteiger partial charge in [-0.1, -0.05) is 35.8 Å². The summed E-state index contributed by atoms with van der Waals surface area (Å²) in [5.74, 6) is 0.274. The number of halogens is 1. The van der Waals surface area contributed by atoms with Crippen molar-refractivity contribution < 1.29 is 4.79 Å². The van der Waals surface area contributed by atoms with Crippen molar-refractivity contribution in [1.82, 2.24) is 0 Å². The van der Waals surface area contributed by atoms with Gasteiger partial charge in [-0.3, -0.25) is 4.79 Å². The van der Waals surface area contributed by atoms with Crippen LogP contribution in [0, 0.1) is 12.8 Å². The van der Waals surface area contributed by atoms with Crippen LogP contribution in [-0.2, 0) is 0 Å². The molecule has 0 aliphatic carbocycles. The second-order valence-corrected chi connectivity index (χ2v) is 4.34. The molecule has 0 aliphatic rings. The molecule has 0 heterocycles. The van der Waals surface area contributed by atoms with E-state index in [9.17, 15) is 4.79 Å². The number of hydrogen-bond acceptors (Lipinski definition) is 1. The Labute approximate surface area is 87.3 Å². The van der Waals surface area contributed by atoms with Gasteiger partial charge in [-0.2, -0.15) is 0 Å². The van der Waals surface area contributed by atoms with Crippen molar-refractivity contribution in [2.75, 3.05) is 0 Å². The molecule has 0 fully saturated rings. The normalized spacial score (nSPS) is 10.5.